The standard InChI is InChI=1S/C32H54O2/c1-21-23(34-22(2)33)10-11-24-29(21,6)13-12-25-30(24,7)17-19-32(9)26-20-27(3,4)14-15-28(26,5)16-18-31(25,32)8/h21,23-26H,10-20H2,1-9H3/t21-,23+,24+,25+,26-,28+,29+,30+,31+,32-/m0/s1. The van der Waals surface area contributed by atoms with E-state index in [-0.39, 0.29) is 12.1 Å². The van der Waals surface area contributed by atoms with Gasteiger partial charge in [0.15, 0.2) is 0 Å². The number of carbonyl (C=O) groups is 1. The summed E-state index contributed by atoms with van der Waals surface area (Å²) in [5.41, 5.74) is 2.70. The molecule has 0 radical (unpaired) electrons. The van der Waals surface area contributed by atoms with Crippen LogP contribution in [0.5, 0.6) is 0 Å². The molecule has 0 amide bonds. The van der Waals surface area contributed by atoms with Gasteiger partial charge in [0.1, 0.15) is 6.10 Å². The molecule has 5 saturated carbocycles. The molecular weight excluding hydrogens is 416 g/mol. The molecule has 0 heterocycles. The zero-order valence-electron chi connectivity index (χ0n) is 24.0. The van der Waals surface area contributed by atoms with Gasteiger partial charge in [-0.15, -0.1) is 0 Å². The molecule has 5 fully saturated rings. The van der Waals surface area contributed by atoms with Crippen LogP contribution in [0.25, 0.3) is 0 Å². The second-order valence-corrected chi connectivity index (χ2v) is 16.1. The maximum Gasteiger partial charge on any atom is 0.302 e. The van der Waals surface area contributed by atoms with E-state index in [4.69, 9.17) is 4.74 Å². The van der Waals surface area contributed by atoms with Crippen molar-refractivity contribution < 1.29 is 9.53 Å². The minimum absolute atomic E-state index is 0.0968. The van der Waals surface area contributed by atoms with E-state index in [1.54, 1.807) is 6.92 Å². The maximum atomic E-state index is 11.8. The second-order valence-electron chi connectivity index (χ2n) is 16.1. The molecule has 0 aromatic rings. The first-order valence-corrected chi connectivity index (χ1v) is 14.8. The van der Waals surface area contributed by atoms with Gasteiger partial charge in [0, 0.05) is 6.92 Å². The highest BCUT2D eigenvalue weighted by atomic mass is 16.5. The fraction of sp³-hybridized carbons (Fsp3) is 0.969. The van der Waals surface area contributed by atoms with Crippen LogP contribution in [0.2, 0.25) is 0 Å². The summed E-state index contributed by atoms with van der Waals surface area (Å²) >= 11 is 0. The van der Waals surface area contributed by atoms with Crippen molar-refractivity contribution >= 4 is 5.97 Å². The van der Waals surface area contributed by atoms with Crippen molar-refractivity contribution in [3.05, 3.63) is 0 Å². The van der Waals surface area contributed by atoms with Crippen molar-refractivity contribution in [2.75, 3.05) is 0 Å². The monoisotopic (exact) mass is 470 g/mol. The number of carbonyl (C=O) groups excluding carboxylic acids is 1. The molecule has 0 spiro atoms. The van der Waals surface area contributed by atoms with Crippen LogP contribution in [0, 0.1) is 56.2 Å². The van der Waals surface area contributed by atoms with Gasteiger partial charge in [-0.3, -0.25) is 4.79 Å². The van der Waals surface area contributed by atoms with Gasteiger partial charge in [-0.1, -0.05) is 55.4 Å². The zero-order valence-corrected chi connectivity index (χ0v) is 24.0. The first-order valence-electron chi connectivity index (χ1n) is 14.8. The van der Waals surface area contributed by atoms with Gasteiger partial charge in [0.2, 0.25) is 0 Å². The Morgan fingerprint density at radius 1 is 0.676 bits per heavy atom. The number of rotatable bonds is 1. The van der Waals surface area contributed by atoms with Crippen LogP contribution in [0.15, 0.2) is 0 Å². The Bertz CT molecular complexity index is 846. The Labute approximate surface area is 210 Å². The van der Waals surface area contributed by atoms with Gasteiger partial charge < -0.3 is 4.74 Å². The Morgan fingerprint density at radius 3 is 1.97 bits per heavy atom. The van der Waals surface area contributed by atoms with Gasteiger partial charge in [0.05, 0.1) is 0 Å². The highest BCUT2D eigenvalue weighted by molar-refractivity contribution is 5.66. The van der Waals surface area contributed by atoms with Crippen LogP contribution >= 0.6 is 0 Å². The van der Waals surface area contributed by atoms with Crippen molar-refractivity contribution in [2.45, 2.75) is 139 Å². The lowest BCUT2D eigenvalue weighted by Gasteiger charge is -2.75. The second kappa shape index (κ2) is 7.50. The van der Waals surface area contributed by atoms with Gasteiger partial charge in [-0.25, -0.2) is 0 Å². The molecule has 2 nitrogen and oxygen atoms in total. The SMILES string of the molecule is CC(=O)O[C@@H]1CC[C@@H]2[C@](C)(CC[C@@H]3[C@]2(C)CC[C@@]2(C)[C@H]4CC(C)(C)CC[C@]4(C)CC[C@]32C)[C@H]1C. The summed E-state index contributed by atoms with van der Waals surface area (Å²) in [5.74, 6) is 2.84. The molecule has 194 valence electrons. The van der Waals surface area contributed by atoms with Crippen molar-refractivity contribution in [3.63, 3.8) is 0 Å². The quantitative estimate of drug-likeness (QED) is 0.358. The summed E-state index contributed by atoms with van der Waals surface area (Å²) in [6.07, 6.45) is 15.1. The summed E-state index contributed by atoms with van der Waals surface area (Å²) in [6, 6.07) is 0. The smallest absolute Gasteiger partial charge is 0.302 e. The molecule has 5 aliphatic rings. The molecular formula is C32H54O2. The van der Waals surface area contributed by atoms with Crippen LogP contribution in [-0.2, 0) is 9.53 Å². The third-order valence-electron chi connectivity index (χ3n) is 14.2. The Balaban J connectivity index is 1.49. The Morgan fingerprint density at radius 2 is 1.29 bits per heavy atom. The third kappa shape index (κ3) is 3.21. The molecule has 5 rings (SSSR count). The topological polar surface area (TPSA) is 26.3 Å². The number of esters is 1. The number of fused-ring (bicyclic) bond motifs is 7. The molecule has 0 aliphatic heterocycles. The fourth-order valence-electron chi connectivity index (χ4n) is 11.7. The van der Waals surface area contributed by atoms with E-state index in [9.17, 15) is 4.79 Å². The van der Waals surface area contributed by atoms with Crippen molar-refractivity contribution in [1.82, 2.24) is 0 Å². The largest absolute Gasteiger partial charge is 0.462 e. The molecule has 0 saturated heterocycles. The Hall–Kier alpha value is -0.530. The predicted octanol–water partition coefficient (Wildman–Crippen LogP) is 8.82. The van der Waals surface area contributed by atoms with Crippen LogP contribution in [-0.4, -0.2) is 12.1 Å². The first kappa shape index (κ1) is 25.1. The molecule has 0 unspecified atom stereocenters. The summed E-state index contributed by atoms with van der Waals surface area (Å²) in [6.45, 7) is 22.5. The van der Waals surface area contributed by atoms with E-state index in [0.29, 0.717) is 38.4 Å². The lowest BCUT2D eigenvalue weighted by molar-refractivity contribution is -0.263. The van der Waals surface area contributed by atoms with E-state index in [2.05, 4.69) is 55.4 Å². The molecule has 2 heteroatoms. The van der Waals surface area contributed by atoms with Gasteiger partial charge in [0.25, 0.3) is 0 Å². The van der Waals surface area contributed by atoms with Crippen LogP contribution in [0.4, 0.5) is 0 Å². The average Bonchev–Trinajstić information content (AvgIpc) is 2.74. The van der Waals surface area contributed by atoms with Crippen LogP contribution in [0.1, 0.15) is 133 Å². The molecule has 0 N–H and O–H groups in total. The average molecular weight is 471 g/mol. The zero-order chi connectivity index (χ0) is 24.9. The van der Waals surface area contributed by atoms with Crippen LogP contribution in [0.3, 0.4) is 0 Å². The van der Waals surface area contributed by atoms with E-state index in [1.165, 1.54) is 64.2 Å². The minimum Gasteiger partial charge on any atom is -0.462 e. The molecule has 5 aliphatic carbocycles. The Kier molecular flexibility index (Phi) is 5.55. The molecule has 10 atom stereocenters. The third-order valence-corrected chi connectivity index (χ3v) is 14.2. The normalized spacial score (nSPS) is 56.3. The first-order chi connectivity index (χ1) is 15.6. The summed E-state index contributed by atoms with van der Waals surface area (Å²) in [5, 5.41) is 0. The van der Waals surface area contributed by atoms with E-state index in [1.807, 2.05) is 0 Å². The molecule has 0 aromatic carbocycles. The molecule has 0 aromatic heterocycles. The fourth-order valence-corrected chi connectivity index (χ4v) is 11.7. The summed E-state index contributed by atoms with van der Waals surface area (Å²) in [4.78, 5) is 11.8. The molecule has 0 bridgehead atoms. The van der Waals surface area contributed by atoms with E-state index in [0.717, 1.165) is 24.2 Å². The molecule has 34 heavy (non-hydrogen) atoms. The minimum atomic E-state index is -0.0968. The predicted molar refractivity (Wildman–Crippen MR) is 140 cm³/mol. The van der Waals surface area contributed by atoms with E-state index < -0.39 is 0 Å². The van der Waals surface area contributed by atoms with Gasteiger partial charge in [-0.2, -0.15) is 0 Å². The highest BCUT2D eigenvalue weighted by Gasteiger charge is 2.70. The number of hydrogen-bond donors (Lipinski definition) is 0. The van der Waals surface area contributed by atoms with Gasteiger partial charge in [-0.05, 0) is 127 Å². The van der Waals surface area contributed by atoms with Crippen molar-refractivity contribution in [2.24, 2.45) is 56.2 Å². The summed E-state index contributed by atoms with van der Waals surface area (Å²) < 4.78 is 5.86. The van der Waals surface area contributed by atoms with Crippen molar-refractivity contribution in [1.29, 1.82) is 0 Å². The lowest BCUT2D eigenvalue weighted by Crippen LogP contribution is -2.68. The highest BCUT2D eigenvalue weighted by Crippen LogP contribution is 2.78. The van der Waals surface area contributed by atoms with E-state index >= 15 is 0 Å². The maximum absolute atomic E-state index is 11.8. The number of hydrogen-bond acceptors (Lipinski definition) is 2. The van der Waals surface area contributed by atoms with Crippen molar-refractivity contribution in [3.8, 4) is 0 Å². The lowest BCUT2D eigenvalue weighted by atomic mass is 9.30. The number of ether oxygens (including phenoxy) is 1. The van der Waals surface area contributed by atoms with Gasteiger partial charge >= 0.3 is 5.97 Å². The summed E-state index contributed by atoms with van der Waals surface area (Å²) in [7, 11) is 0. The van der Waals surface area contributed by atoms with Crippen LogP contribution < -0.4 is 0 Å².